The van der Waals surface area contributed by atoms with Crippen LogP contribution in [0.2, 0.25) is 0 Å². The van der Waals surface area contributed by atoms with Gasteiger partial charge in [-0.3, -0.25) is 9.59 Å². The van der Waals surface area contributed by atoms with E-state index in [0.29, 0.717) is 30.7 Å². The van der Waals surface area contributed by atoms with Gasteiger partial charge in [0.1, 0.15) is 17.4 Å². The molecule has 1 aliphatic rings. The SMILES string of the molecule is Cc1cc2cccc(C(=O)N3CCNC(=O)[C@@H]3Cc3ccccc3)c2o1. The van der Waals surface area contributed by atoms with Crippen LogP contribution >= 0.6 is 0 Å². The molecule has 2 heterocycles. The molecule has 1 N–H and O–H groups in total. The Kier molecular flexibility index (Phi) is 4.21. The lowest BCUT2D eigenvalue weighted by Crippen LogP contribution is -2.58. The van der Waals surface area contributed by atoms with E-state index in [1.165, 1.54) is 0 Å². The molecule has 1 fully saturated rings. The zero-order valence-corrected chi connectivity index (χ0v) is 14.6. The van der Waals surface area contributed by atoms with Crippen LogP contribution in [0.5, 0.6) is 0 Å². The minimum absolute atomic E-state index is 0.115. The second kappa shape index (κ2) is 6.67. The number of piperazine rings is 1. The predicted octanol–water partition coefficient (Wildman–Crippen LogP) is 2.92. The maximum absolute atomic E-state index is 13.3. The second-order valence-corrected chi connectivity index (χ2v) is 6.58. The van der Waals surface area contributed by atoms with Gasteiger partial charge in [-0.05, 0) is 24.6 Å². The highest BCUT2D eigenvalue weighted by Crippen LogP contribution is 2.25. The van der Waals surface area contributed by atoms with Gasteiger partial charge in [-0.1, -0.05) is 42.5 Å². The number of hydrogen-bond acceptors (Lipinski definition) is 3. The van der Waals surface area contributed by atoms with Gasteiger partial charge in [0.15, 0.2) is 0 Å². The molecule has 26 heavy (non-hydrogen) atoms. The quantitative estimate of drug-likeness (QED) is 0.792. The fourth-order valence-electron chi connectivity index (χ4n) is 3.51. The number of amides is 2. The summed E-state index contributed by atoms with van der Waals surface area (Å²) in [6.07, 6.45) is 0.492. The third kappa shape index (κ3) is 2.96. The van der Waals surface area contributed by atoms with Crippen molar-refractivity contribution in [3.63, 3.8) is 0 Å². The Morgan fingerprint density at radius 1 is 1.19 bits per heavy atom. The minimum atomic E-state index is -0.523. The Hall–Kier alpha value is -3.08. The molecule has 1 atom stereocenters. The average Bonchev–Trinajstić information content (AvgIpc) is 3.04. The lowest BCUT2D eigenvalue weighted by molar-refractivity contribution is -0.127. The highest BCUT2D eigenvalue weighted by atomic mass is 16.3. The summed E-state index contributed by atoms with van der Waals surface area (Å²) in [7, 11) is 0. The first-order valence-corrected chi connectivity index (χ1v) is 8.75. The number of fused-ring (bicyclic) bond motifs is 1. The lowest BCUT2D eigenvalue weighted by Gasteiger charge is -2.35. The Balaban J connectivity index is 1.68. The molecule has 0 spiro atoms. The molecule has 3 aromatic rings. The van der Waals surface area contributed by atoms with E-state index in [9.17, 15) is 9.59 Å². The normalized spacial score (nSPS) is 17.3. The maximum Gasteiger partial charge on any atom is 0.258 e. The van der Waals surface area contributed by atoms with E-state index >= 15 is 0 Å². The Morgan fingerprint density at radius 3 is 2.81 bits per heavy atom. The first kappa shape index (κ1) is 16.4. The zero-order valence-electron chi connectivity index (χ0n) is 14.6. The standard InChI is InChI=1S/C21H20N2O3/c1-14-12-16-8-5-9-17(19(16)26-14)21(25)23-11-10-22-20(24)18(23)13-15-6-3-2-4-7-15/h2-9,12,18H,10-11,13H2,1H3,(H,22,24)/t18-/m0/s1. The topological polar surface area (TPSA) is 62.6 Å². The van der Waals surface area contributed by atoms with Crippen molar-refractivity contribution in [2.45, 2.75) is 19.4 Å². The molecule has 132 valence electrons. The predicted molar refractivity (Wildman–Crippen MR) is 98.9 cm³/mol. The van der Waals surface area contributed by atoms with Crippen LogP contribution < -0.4 is 5.32 Å². The van der Waals surface area contributed by atoms with Crippen LogP contribution in [0.3, 0.4) is 0 Å². The van der Waals surface area contributed by atoms with Gasteiger partial charge < -0.3 is 14.6 Å². The molecule has 0 bridgehead atoms. The van der Waals surface area contributed by atoms with Crippen molar-refractivity contribution in [3.05, 3.63) is 71.5 Å². The molecule has 0 unspecified atom stereocenters. The van der Waals surface area contributed by atoms with E-state index < -0.39 is 6.04 Å². The summed E-state index contributed by atoms with van der Waals surface area (Å²) in [5, 5.41) is 3.77. The summed E-state index contributed by atoms with van der Waals surface area (Å²) in [6.45, 7) is 2.81. The number of aryl methyl sites for hydroxylation is 1. The number of carbonyl (C=O) groups is 2. The van der Waals surface area contributed by atoms with Crippen LogP contribution in [0, 0.1) is 6.92 Å². The minimum Gasteiger partial charge on any atom is -0.461 e. The zero-order chi connectivity index (χ0) is 18.1. The van der Waals surface area contributed by atoms with Crippen molar-refractivity contribution < 1.29 is 14.0 Å². The molecule has 1 aromatic heterocycles. The van der Waals surface area contributed by atoms with Crippen LogP contribution in [-0.4, -0.2) is 35.8 Å². The van der Waals surface area contributed by atoms with Gasteiger partial charge in [-0.15, -0.1) is 0 Å². The average molecular weight is 348 g/mol. The number of hydrogen-bond donors (Lipinski definition) is 1. The van der Waals surface area contributed by atoms with Gasteiger partial charge in [-0.2, -0.15) is 0 Å². The number of nitrogens with one attached hydrogen (secondary N) is 1. The van der Waals surface area contributed by atoms with E-state index in [-0.39, 0.29) is 11.8 Å². The van der Waals surface area contributed by atoms with Crippen molar-refractivity contribution in [1.29, 1.82) is 0 Å². The van der Waals surface area contributed by atoms with E-state index in [1.807, 2.05) is 55.5 Å². The number of para-hydroxylation sites is 1. The summed E-state index contributed by atoms with van der Waals surface area (Å²) >= 11 is 0. The molecule has 1 saturated heterocycles. The van der Waals surface area contributed by atoms with Crippen LogP contribution in [0.1, 0.15) is 21.7 Å². The number of nitrogens with zero attached hydrogens (tertiary/aromatic N) is 1. The maximum atomic E-state index is 13.3. The fraction of sp³-hybridized carbons (Fsp3) is 0.238. The lowest BCUT2D eigenvalue weighted by atomic mass is 10.0. The van der Waals surface area contributed by atoms with Gasteiger partial charge >= 0.3 is 0 Å². The highest BCUT2D eigenvalue weighted by Gasteiger charge is 2.34. The van der Waals surface area contributed by atoms with Crippen LogP contribution in [-0.2, 0) is 11.2 Å². The van der Waals surface area contributed by atoms with Crippen molar-refractivity contribution in [3.8, 4) is 0 Å². The molecule has 2 aromatic carbocycles. The highest BCUT2D eigenvalue weighted by molar-refractivity contribution is 6.06. The van der Waals surface area contributed by atoms with E-state index in [0.717, 1.165) is 16.7 Å². The summed E-state index contributed by atoms with van der Waals surface area (Å²) in [4.78, 5) is 27.4. The summed E-state index contributed by atoms with van der Waals surface area (Å²) in [5.74, 6) is 0.481. The largest absolute Gasteiger partial charge is 0.461 e. The van der Waals surface area contributed by atoms with E-state index in [4.69, 9.17) is 4.42 Å². The van der Waals surface area contributed by atoms with Gasteiger partial charge in [-0.25, -0.2) is 0 Å². The third-order valence-electron chi connectivity index (χ3n) is 4.76. The third-order valence-corrected chi connectivity index (χ3v) is 4.76. The first-order chi connectivity index (χ1) is 12.6. The van der Waals surface area contributed by atoms with Crippen molar-refractivity contribution in [1.82, 2.24) is 10.2 Å². The molecular formula is C21H20N2O3. The Labute approximate surface area is 151 Å². The molecule has 5 heteroatoms. The van der Waals surface area contributed by atoms with Gasteiger partial charge in [0.25, 0.3) is 5.91 Å². The molecule has 4 rings (SSSR count). The van der Waals surface area contributed by atoms with Gasteiger partial charge in [0.05, 0.1) is 5.56 Å². The molecule has 2 amide bonds. The van der Waals surface area contributed by atoms with Crippen molar-refractivity contribution in [2.75, 3.05) is 13.1 Å². The summed E-state index contributed by atoms with van der Waals surface area (Å²) < 4.78 is 5.74. The molecule has 5 nitrogen and oxygen atoms in total. The van der Waals surface area contributed by atoms with Crippen LogP contribution in [0.15, 0.2) is 59.0 Å². The number of carbonyl (C=O) groups excluding carboxylic acids is 2. The second-order valence-electron chi connectivity index (χ2n) is 6.58. The fourth-order valence-corrected chi connectivity index (χ4v) is 3.51. The van der Waals surface area contributed by atoms with Crippen LogP contribution in [0.25, 0.3) is 11.0 Å². The van der Waals surface area contributed by atoms with Crippen LogP contribution in [0.4, 0.5) is 0 Å². The number of furan rings is 1. The summed E-state index contributed by atoms with van der Waals surface area (Å²) in [6, 6.07) is 16.7. The molecular weight excluding hydrogens is 328 g/mol. The first-order valence-electron chi connectivity index (χ1n) is 8.75. The molecule has 1 aliphatic heterocycles. The van der Waals surface area contributed by atoms with Gasteiger partial charge in [0, 0.05) is 24.9 Å². The number of benzene rings is 2. The van der Waals surface area contributed by atoms with E-state index in [2.05, 4.69) is 5.32 Å². The summed E-state index contributed by atoms with van der Waals surface area (Å²) in [5.41, 5.74) is 2.11. The van der Waals surface area contributed by atoms with Gasteiger partial charge in [0.2, 0.25) is 5.91 Å². The molecule has 0 radical (unpaired) electrons. The Morgan fingerprint density at radius 2 is 2.00 bits per heavy atom. The smallest absolute Gasteiger partial charge is 0.258 e. The monoisotopic (exact) mass is 348 g/mol. The molecule has 0 aliphatic carbocycles. The number of rotatable bonds is 3. The van der Waals surface area contributed by atoms with Crippen molar-refractivity contribution >= 4 is 22.8 Å². The molecule has 0 saturated carbocycles. The van der Waals surface area contributed by atoms with Crippen molar-refractivity contribution in [2.24, 2.45) is 0 Å². The van der Waals surface area contributed by atoms with E-state index in [1.54, 1.807) is 11.0 Å². The Bertz CT molecular complexity index is 962.